The van der Waals surface area contributed by atoms with Gasteiger partial charge in [0.05, 0.1) is 12.0 Å². The maximum atomic E-state index is 12.7. The van der Waals surface area contributed by atoms with Gasteiger partial charge in [-0.15, -0.1) is 0 Å². The van der Waals surface area contributed by atoms with Crippen LogP contribution in [0, 0.1) is 11.3 Å². The van der Waals surface area contributed by atoms with E-state index >= 15 is 0 Å². The van der Waals surface area contributed by atoms with Gasteiger partial charge in [0.1, 0.15) is 24.6 Å². The number of alkyl carbamates (subject to hydrolysis) is 1. The molecule has 3 rings (SSSR count). The highest BCUT2D eigenvalue weighted by molar-refractivity contribution is 5.82. The number of nitrogen functional groups attached to an aromatic ring is 1. The summed E-state index contributed by atoms with van der Waals surface area (Å²) in [6.45, 7) is 8.41. The lowest BCUT2D eigenvalue weighted by molar-refractivity contribution is -0.149. The minimum Gasteiger partial charge on any atom is -0.463 e. The smallest absolute Gasteiger partial charge is 0.408 e. The Morgan fingerprint density at radius 2 is 2.12 bits per heavy atom. The van der Waals surface area contributed by atoms with Gasteiger partial charge in [-0.05, 0) is 38.7 Å². The zero-order valence-electron chi connectivity index (χ0n) is 19.3. The molecular formula is C21H30N6O6. The number of nitrogens with zero attached hydrogens (tertiary/aromatic N) is 3. The second kappa shape index (κ2) is 8.85. The summed E-state index contributed by atoms with van der Waals surface area (Å²) in [6.07, 6.45) is 2.87. The summed E-state index contributed by atoms with van der Waals surface area (Å²) in [4.78, 5) is 47.2. The lowest BCUT2D eigenvalue weighted by Gasteiger charge is -2.25. The third kappa shape index (κ3) is 5.51. The van der Waals surface area contributed by atoms with E-state index in [1.807, 2.05) is 0 Å². The maximum absolute atomic E-state index is 12.7. The van der Waals surface area contributed by atoms with Gasteiger partial charge in [0.15, 0.2) is 11.2 Å². The number of hydrogen-bond donors (Lipinski definition) is 4. The number of amides is 1. The molecule has 5 N–H and O–H groups in total. The number of ether oxygens (including phenoxy) is 2. The van der Waals surface area contributed by atoms with Crippen LogP contribution in [0.3, 0.4) is 0 Å². The molecule has 180 valence electrons. The summed E-state index contributed by atoms with van der Waals surface area (Å²) in [5.41, 5.74) is 4.91. The van der Waals surface area contributed by atoms with E-state index < -0.39 is 34.7 Å². The van der Waals surface area contributed by atoms with E-state index in [2.05, 4.69) is 20.3 Å². The Bertz CT molecular complexity index is 1140. The van der Waals surface area contributed by atoms with Gasteiger partial charge in [0.25, 0.3) is 5.56 Å². The number of imidazole rings is 1. The molecular weight excluding hydrogens is 432 g/mol. The second-order valence-corrected chi connectivity index (χ2v) is 9.52. The van der Waals surface area contributed by atoms with Gasteiger partial charge in [-0.25, -0.2) is 14.6 Å². The number of nitrogens with two attached hydrogens (primary N) is 1. The molecule has 0 radical (unpaired) electrons. The number of fused-ring (bicyclic) bond motifs is 1. The molecule has 2 heterocycles. The van der Waals surface area contributed by atoms with E-state index in [-0.39, 0.29) is 36.2 Å². The van der Waals surface area contributed by atoms with E-state index in [1.165, 1.54) is 10.9 Å². The van der Waals surface area contributed by atoms with Crippen molar-refractivity contribution in [3.8, 4) is 0 Å². The fraction of sp³-hybridized carbons (Fsp3) is 0.571. The molecule has 0 aliphatic heterocycles. The molecule has 2 aromatic heterocycles. The number of aromatic nitrogens is 4. The van der Waals surface area contributed by atoms with Crippen molar-refractivity contribution in [2.45, 2.75) is 52.7 Å². The summed E-state index contributed by atoms with van der Waals surface area (Å²) in [6, 6.07) is -0.904. The van der Waals surface area contributed by atoms with Gasteiger partial charge >= 0.3 is 12.1 Å². The minimum absolute atomic E-state index is 0.0389. The van der Waals surface area contributed by atoms with Crippen molar-refractivity contribution in [3.63, 3.8) is 0 Å². The maximum Gasteiger partial charge on any atom is 0.408 e. The van der Waals surface area contributed by atoms with Gasteiger partial charge in [-0.2, -0.15) is 4.98 Å². The SMILES string of the molecule is CC(C)[C@H](NC(=O)OC(C)(C)C)C(=O)OCC1(CO)C/C1=C/n1cnc2c(=O)[nH]c(N)nc21. The van der Waals surface area contributed by atoms with Gasteiger partial charge < -0.3 is 25.6 Å². The summed E-state index contributed by atoms with van der Waals surface area (Å²) < 4.78 is 12.2. The van der Waals surface area contributed by atoms with Gasteiger partial charge in [0.2, 0.25) is 5.95 Å². The van der Waals surface area contributed by atoms with Crippen molar-refractivity contribution in [1.82, 2.24) is 24.8 Å². The molecule has 1 unspecified atom stereocenters. The molecule has 0 aromatic carbocycles. The molecule has 0 spiro atoms. The summed E-state index contributed by atoms with van der Waals surface area (Å²) >= 11 is 0. The summed E-state index contributed by atoms with van der Waals surface area (Å²) in [7, 11) is 0. The molecule has 2 aromatic rings. The predicted molar refractivity (Wildman–Crippen MR) is 120 cm³/mol. The lowest BCUT2D eigenvalue weighted by Crippen LogP contribution is -2.47. The standard InChI is InChI=1S/C21H30N6O6/c1-11(2)13(24-19(31)33-20(3,4)5)17(30)32-9-21(8-28)6-12(21)7-27-10-23-14-15(27)25-18(22)26-16(14)29/h7,10-11,13,28H,6,8-9H2,1-5H3,(H,24,31)(H3,22,25,26,29)/b12-7-/t13-,21?/m0/s1. The zero-order valence-corrected chi connectivity index (χ0v) is 19.3. The molecule has 2 atom stereocenters. The van der Waals surface area contributed by atoms with Crippen LogP contribution in [-0.4, -0.2) is 61.5 Å². The van der Waals surface area contributed by atoms with Gasteiger partial charge in [-0.3, -0.25) is 14.3 Å². The third-order valence-corrected chi connectivity index (χ3v) is 5.22. The Hall–Kier alpha value is -3.41. The average Bonchev–Trinajstić information content (AvgIpc) is 3.24. The van der Waals surface area contributed by atoms with Crippen LogP contribution in [0.15, 0.2) is 16.7 Å². The van der Waals surface area contributed by atoms with Crippen LogP contribution < -0.4 is 16.6 Å². The fourth-order valence-electron chi connectivity index (χ4n) is 3.29. The van der Waals surface area contributed by atoms with Gasteiger partial charge in [-0.1, -0.05) is 13.8 Å². The Morgan fingerprint density at radius 1 is 1.42 bits per heavy atom. The number of rotatable bonds is 7. The number of nitrogens with one attached hydrogen (secondary N) is 2. The van der Waals surface area contributed by atoms with Crippen LogP contribution in [0.25, 0.3) is 17.4 Å². The van der Waals surface area contributed by atoms with Crippen molar-refractivity contribution >= 4 is 35.4 Å². The molecule has 0 bridgehead atoms. The number of aliphatic hydroxyl groups is 1. The number of anilines is 1. The van der Waals surface area contributed by atoms with E-state index in [0.29, 0.717) is 6.42 Å². The van der Waals surface area contributed by atoms with Crippen molar-refractivity contribution < 1.29 is 24.2 Å². The second-order valence-electron chi connectivity index (χ2n) is 9.52. The first-order chi connectivity index (χ1) is 15.3. The highest BCUT2D eigenvalue weighted by Crippen LogP contribution is 2.52. The van der Waals surface area contributed by atoms with E-state index in [0.717, 1.165) is 5.57 Å². The molecule has 1 fully saturated rings. The zero-order chi connectivity index (χ0) is 24.6. The van der Waals surface area contributed by atoms with Crippen LogP contribution >= 0.6 is 0 Å². The Labute approximate surface area is 190 Å². The van der Waals surface area contributed by atoms with Crippen LogP contribution in [0.4, 0.5) is 10.7 Å². The lowest BCUT2D eigenvalue weighted by atomic mass is 10.0. The Kier molecular flexibility index (Phi) is 6.50. The summed E-state index contributed by atoms with van der Waals surface area (Å²) in [5.74, 6) is -0.900. The molecule has 33 heavy (non-hydrogen) atoms. The quantitative estimate of drug-likeness (QED) is 0.438. The largest absolute Gasteiger partial charge is 0.463 e. The molecule has 12 nitrogen and oxygen atoms in total. The van der Waals surface area contributed by atoms with Crippen molar-refractivity contribution in [2.75, 3.05) is 18.9 Å². The molecule has 1 amide bonds. The number of aliphatic hydroxyl groups excluding tert-OH is 1. The number of carbonyl (C=O) groups is 2. The predicted octanol–water partition coefficient (Wildman–Crippen LogP) is 1.02. The minimum atomic E-state index is -0.904. The van der Waals surface area contributed by atoms with Gasteiger partial charge in [0, 0.05) is 6.20 Å². The number of esters is 1. The number of hydrogen-bond acceptors (Lipinski definition) is 9. The molecule has 1 aliphatic carbocycles. The third-order valence-electron chi connectivity index (χ3n) is 5.22. The number of H-pyrrole nitrogens is 1. The monoisotopic (exact) mass is 462 g/mol. The highest BCUT2D eigenvalue weighted by atomic mass is 16.6. The average molecular weight is 463 g/mol. The van der Waals surface area contributed by atoms with Crippen molar-refractivity contribution in [2.24, 2.45) is 11.3 Å². The van der Waals surface area contributed by atoms with Crippen LogP contribution in [0.5, 0.6) is 0 Å². The van der Waals surface area contributed by atoms with E-state index in [9.17, 15) is 19.5 Å². The Balaban J connectivity index is 1.69. The Morgan fingerprint density at radius 3 is 2.73 bits per heavy atom. The first-order valence-electron chi connectivity index (χ1n) is 10.6. The molecule has 1 saturated carbocycles. The van der Waals surface area contributed by atoms with E-state index in [1.54, 1.807) is 40.8 Å². The van der Waals surface area contributed by atoms with Crippen LogP contribution in [-0.2, 0) is 14.3 Å². The normalized spacial score (nSPS) is 20.2. The highest BCUT2D eigenvalue weighted by Gasteiger charge is 2.50. The van der Waals surface area contributed by atoms with Crippen LogP contribution in [0.1, 0.15) is 41.0 Å². The first-order valence-corrected chi connectivity index (χ1v) is 10.6. The van der Waals surface area contributed by atoms with E-state index in [4.69, 9.17) is 15.2 Å². The number of aromatic amines is 1. The topological polar surface area (TPSA) is 174 Å². The fourth-order valence-corrected chi connectivity index (χ4v) is 3.29. The molecule has 12 heteroatoms. The van der Waals surface area contributed by atoms with Crippen molar-refractivity contribution in [1.29, 1.82) is 0 Å². The first kappa shape index (κ1) is 24.2. The number of carbonyl (C=O) groups excluding carboxylic acids is 2. The molecule has 0 saturated heterocycles. The molecule has 1 aliphatic rings. The summed E-state index contributed by atoms with van der Waals surface area (Å²) in [5, 5.41) is 12.5. The van der Waals surface area contributed by atoms with Crippen LogP contribution in [0.2, 0.25) is 0 Å². The van der Waals surface area contributed by atoms with Crippen molar-refractivity contribution in [3.05, 3.63) is 22.3 Å².